The number of fused-ring (bicyclic) bond motifs is 1. The fourth-order valence-electron chi connectivity index (χ4n) is 2.24. The van der Waals surface area contributed by atoms with Crippen LogP contribution in [0.3, 0.4) is 0 Å². The topological polar surface area (TPSA) is 70.4 Å². The second-order valence-corrected chi connectivity index (χ2v) is 4.44. The molecule has 5 heteroatoms. The molecular formula is C12H14N2O3. The third-order valence-electron chi connectivity index (χ3n) is 3.16. The molecule has 17 heavy (non-hydrogen) atoms. The number of oxazole rings is 1. The molecule has 3 rings (SSSR count). The van der Waals surface area contributed by atoms with Gasteiger partial charge in [-0.3, -0.25) is 4.57 Å². The summed E-state index contributed by atoms with van der Waals surface area (Å²) in [4.78, 5) is 11.8. The van der Waals surface area contributed by atoms with E-state index in [9.17, 15) is 4.79 Å². The standard InChI is InChI=1S/C12H14N2O3/c13-9-1-2-11-10(5-9)14(12(15)17-11)6-8-3-4-16-7-8/h1-2,5,8H,3-4,6-7,13H2. The minimum absolute atomic E-state index is 0.322. The van der Waals surface area contributed by atoms with Gasteiger partial charge >= 0.3 is 5.76 Å². The lowest BCUT2D eigenvalue weighted by atomic mass is 10.1. The largest absolute Gasteiger partial charge is 0.419 e. The number of nitrogen functional groups attached to an aromatic ring is 1. The number of nitrogens with two attached hydrogens (primary N) is 1. The van der Waals surface area contributed by atoms with Crippen molar-refractivity contribution in [3.63, 3.8) is 0 Å². The van der Waals surface area contributed by atoms with Crippen LogP contribution in [-0.2, 0) is 11.3 Å². The van der Waals surface area contributed by atoms with E-state index in [-0.39, 0.29) is 5.76 Å². The summed E-state index contributed by atoms with van der Waals surface area (Å²) in [5, 5.41) is 0. The normalized spacial score (nSPS) is 20.1. The van der Waals surface area contributed by atoms with E-state index in [0.29, 0.717) is 30.3 Å². The Morgan fingerprint density at radius 3 is 3.12 bits per heavy atom. The number of hydrogen-bond acceptors (Lipinski definition) is 4. The molecule has 1 aliphatic heterocycles. The predicted molar refractivity (Wildman–Crippen MR) is 63.8 cm³/mol. The first-order valence-electron chi connectivity index (χ1n) is 5.70. The molecule has 0 radical (unpaired) electrons. The van der Waals surface area contributed by atoms with Crippen molar-refractivity contribution in [3.05, 3.63) is 28.7 Å². The van der Waals surface area contributed by atoms with Crippen LogP contribution in [0.2, 0.25) is 0 Å². The van der Waals surface area contributed by atoms with Crippen LogP contribution in [0.5, 0.6) is 0 Å². The molecule has 1 unspecified atom stereocenters. The highest BCUT2D eigenvalue weighted by atomic mass is 16.5. The van der Waals surface area contributed by atoms with E-state index in [2.05, 4.69) is 0 Å². The maximum absolute atomic E-state index is 11.8. The van der Waals surface area contributed by atoms with Crippen molar-refractivity contribution in [2.24, 2.45) is 5.92 Å². The minimum atomic E-state index is -0.322. The van der Waals surface area contributed by atoms with Crippen LogP contribution >= 0.6 is 0 Å². The van der Waals surface area contributed by atoms with Gasteiger partial charge in [-0.25, -0.2) is 4.79 Å². The van der Waals surface area contributed by atoms with Gasteiger partial charge in [0.15, 0.2) is 5.58 Å². The van der Waals surface area contributed by atoms with Crippen LogP contribution in [-0.4, -0.2) is 17.8 Å². The van der Waals surface area contributed by atoms with Gasteiger partial charge < -0.3 is 14.9 Å². The van der Waals surface area contributed by atoms with Crippen molar-refractivity contribution < 1.29 is 9.15 Å². The van der Waals surface area contributed by atoms with Crippen LogP contribution < -0.4 is 11.5 Å². The molecule has 2 heterocycles. The SMILES string of the molecule is Nc1ccc2oc(=O)n(CC3CCOC3)c2c1. The molecule has 1 atom stereocenters. The van der Waals surface area contributed by atoms with Gasteiger partial charge in [-0.15, -0.1) is 0 Å². The zero-order valence-electron chi connectivity index (χ0n) is 9.39. The third kappa shape index (κ3) is 1.82. The lowest BCUT2D eigenvalue weighted by Gasteiger charge is -2.07. The maximum atomic E-state index is 11.8. The van der Waals surface area contributed by atoms with Crippen LogP contribution in [0.15, 0.2) is 27.4 Å². The Morgan fingerprint density at radius 2 is 2.35 bits per heavy atom. The van der Waals surface area contributed by atoms with Crippen molar-refractivity contribution >= 4 is 16.8 Å². The molecule has 0 saturated carbocycles. The van der Waals surface area contributed by atoms with E-state index in [1.54, 1.807) is 22.8 Å². The van der Waals surface area contributed by atoms with Crippen molar-refractivity contribution in [3.8, 4) is 0 Å². The number of nitrogens with zero attached hydrogens (tertiary/aromatic N) is 1. The van der Waals surface area contributed by atoms with E-state index in [4.69, 9.17) is 14.9 Å². The number of ether oxygens (including phenoxy) is 1. The van der Waals surface area contributed by atoms with Gasteiger partial charge in [0.1, 0.15) is 0 Å². The lowest BCUT2D eigenvalue weighted by Crippen LogP contribution is -2.20. The third-order valence-corrected chi connectivity index (χ3v) is 3.16. The molecule has 90 valence electrons. The van der Waals surface area contributed by atoms with Crippen LogP contribution in [0, 0.1) is 5.92 Å². The summed E-state index contributed by atoms with van der Waals surface area (Å²) in [6, 6.07) is 5.23. The van der Waals surface area contributed by atoms with Gasteiger partial charge in [0.25, 0.3) is 0 Å². The van der Waals surface area contributed by atoms with Gasteiger partial charge in [0, 0.05) is 24.8 Å². The summed E-state index contributed by atoms with van der Waals surface area (Å²) in [5.74, 6) is 0.0624. The monoisotopic (exact) mass is 234 g/mol. The van der Waals surface area contributed by atoms with E-state index in [0.717, 1.165) is 18.5 Å². The first-order chi connectivity index (χ1) is 8.24. The summed E-state index contributed by atoms with van der Waals surface area (Å²) in [5.41, 5.74) is 7.71. The van der Waals surface area contributed by atoms with E-state index >= 15 is 0 Å². The van der Waals surface area contributed by atoms with E-state index < -0.39 is 0 Å². The average Bonchev–Trinajstić information content (AvgIpc) is 2.90. The van der Waals surface area contributed by atoms with Gasteiger partial charge in [-0.05, 0) is 24.6 Å². The van der Waals surface area contributed by atoms with Gasteiger partial charge in [0.05, 0.1) is 12.1 Å². The molecule has 2 aromatic rings. The zero-order chi connectivity index (χ0) is 11.8. The van der Waals surface area contributed by atoms with Crippen molar-refractivity contribution in [2.45, 2.75) is 13.0 Å². The molecule has 0 amide bonds. The van der Waals surface area contributed by atoms with E-state index in [1.165, 1.54) is 0 Å². The summed E-state index contributed by atoms with van der Waals surface area (Å²) in [6.07, 6.45) is 0.988. The summed E-state index contributed by atoms with van der Waals surface area (Å²) in [6.45, 7) is 2.12. The molecule has 1 aromatic heterocycles. The summed E-state index contributed by atoms with van der Waals surface area (Å²) >= 11 is 0. The average molecular weight is 234 g/mol. The number of benzene rings is 1. The van der Waals surface area contributed by atoms with Crippen LogP contribution in [0.25, 0.3) is 11.1 Å². The lowest BCUT2D eigenvalue weighted by molar-refractivity contribution is 0.182. The van der Waals surface area contributed by atoms with E-state index in [1.807, 2.05) is 0 Å². The quantitative estimate of drug-likeness (QED) is 0.793. The van der Waals surface area contributed by atoms with Crippen LogP contribution in [0.4, 0.5) is 5.69 Å². The first-order valence-corrected chi connectivity index (χ1v) is 5.70. The molecule has 0 aliphatic carbocycles. The molecule has 1 aromatic carbocycles. The maximum Gasteiger partial charge on any atom is 0.419 e. The number of aromatic nitrogens is 1. The van der Waals surface area contributed by atoms with Crippen molar-refractivity contribution in [1.29, 1.82) is 0 Å². The smallest absolute Gasteiger partial charge is 0.408 e. The number of hydrogen-bond donors (Lipinski definition) is 1. The van der Waals surface area contributed by atoms with Gasteiger partial charge in [0.2, 0.25) is 0 Å². The first kappa shape index (κ1) is 10.4. The molecule has 1 fully saturated rings. The highest BCUT2D eigenvalue weighted by Gasteiger charge is 2.19. The molecule has 2 N–H and O–H groups in total. The second-order valence-electron chi connectivity index (χ2n) is 4.44. The molecule has 1 saturated heterocycles. The molecule has 1 aliphatic rings. The summed E-state index contributed by atoms with van der Waals surface area (Å²) in [7, 11) is 0. The Labute approximate surface area is 97.8 Å². The summed E-state index contributed by atoms with van der Waals surface area (Å²) < 4.78 is 12.1. The predicted octanol–water partition coefficient (Wildman–Crippen LogP) is 1.21. The number of rotatable bonds is 2. The Kier molecular flexibility index (Phi) is 2.40. The highest BCUT2D eigenvalue weighted by Crippen LogP contribution is 2.20. The molecule has 5 nitrogen and oxygen atoms in total. The Bertz CT molecular complexity index is 593. The Hall–Kier alpha value is -1.75. The van der Waals surface area contributed by atoms with Crippen molar-refractivity contribution in [1.82, 2.24) is 4.57 Å². The molecular weight excluding hydrogens is 220 g/mol. The molecule has 0 bridgehead atoms. The number of anilines is 1. The minimum Gasteiger partial charge on any atom is -0.408 e. The Morgan fingerprint density at radius 1 is 1.47 bits per heavy atom. The van der Waals surface area contributed by atoms with Gasteiger partial charge in [-0.1, -0.05) is 0 Å². The molecule has 0 spiro atoms. The van der Waals surface area contributed by atoms with Crippen molar-refractivity contribution in [2.75, 3.05) is 18.9 Å². The fourth-order valence-corrected chi connectivity index (χ4v) is 2.24. The van der Waals surface area contributed by atoms with Crippen LogP contribution in [0.1, 0.15) is 6.42 Å². The second kappa shape index (κ2) is 3.92. The van der Waals surface area contributed by atoms with Gasteiger partial charge in [-0.2, -0.15) is 0 Å². The fraction of sp³-hybridized carbons (Fsp3) is 0.417. The highest BCUT2D eigenvalue weighted by molar-refractivity contribution is 5.76. The zero-order valence-corrected chi connectivity index (χ0v) is 9.39. The Balaban J connectivity index is 2.04.